The average molecular weight is 746 g/mol. The van der Waals surface area contributed by atoms with Gasteiger partial charge in [0.25, 0.3) is 0 Å². The van der Waals surface area contributed by atoms with Crippen LogP contribution in [0.5, 0.6) is 11.5 Å². The van der Waals surface area contributed by atoms with Crippen molar-refractivity contribution in [1.82, 2.24) is 4.57 Å². The van der Waals surface area contributed by atoms with Crippen molar-refractivity contribution in [2.45, 2.75) is 34.6 Å². The third kappa shape index (κ3) is 5.86. The summed E-state index contributed by atoms with van der Waals surface area (Å²) in [4.78, 5) is 55.6. The van der Waals surface area contributed by atoms with Crippen molar-refractivity contribution in [2.24, 2.45) is 11.1 Å². The number of anilines is 2. The van der Waals surface area contributed by atoms with Crippen LogP contribution in [0.15, 0.2) is 85.9 Å². The van der Waals surface area contributed by atoms with Gasteiger partial charge in [-0.3, -0.25) is 23.7 Å². The number of nitrogens with one attached hydrogen (secondary N) is 1. The molecule has 0 radical (unpaired) electrons. The van der Waals surface area contributed by atoms with Crippen LogP contribution in [-0.4, -0.2) is 47.7 Å². The number of aromatic nitrogens is 1. The lowest BCUT2D eigenvalue weighted by atomic mass is 9.83. The highest BCUT2D eigenvalue weighted by molar-refractivity contribution is 9.10. The van der Waals surface area contributed by atoms with Crippen LogP contribution in [0.4, 0.5) is 11.4 Å². The maximum Gasteiger partial charge on any atom is 0.308 e. The monoisotopic (exact) mass is 744 g/mol. The molecule has 6 rings (SSSR count). The zero-order valence-electron chi connectivity index (χ0n) is 23.9. The molecule has 2 aliphatic rings. The summed E-state index contributed by atoms with van der Waals surface area (Å²) in [5, 5.41) is 17.6. The molecule has 0 bridgehead atoms. The summed E-state index contributed by atoms with van der Waals surface area (Å²) >= 11 is 5.32. The average Bonchev–Trinajstić information content (AvgIpc) is 3.45. The summed E-state index contributed by atoms with van der Waals surface area (Å²) < 4.78 is 30.8. The van der Waals surface area contributed by atoms with Gasteiger partial charge < -0.3 is 15.2 Å². The number of imide groups is 1. The van der Waals surface area contributed by atoms with Gasteiger partial charge >= 0.3 is 4.87 Å². The predicted octanol–water partition coefficient (Wildman–Crippen LogP) is 3.86. The number of fused-ring (bicyclic) bond motifs is 2. The molecule has 2 aliphatic heterocycles. The number of nitrogens with two attached hydrogens (primary N) is 1. The molecule has 3 atom stereocenters. The lowest BCUT2D eigenvalue weighted by Crippen LogP contribution is -2.33. The van der Waals surface area contributed by atoms with Gasteiger partial charge in [0.05, 0.1) is 28.1 Å². The van der Waals surface area contributed by atoms with Crippen LogP contribution < -0.4 is 25.0 Å². The Morgan fingerprint density at radius 3 is 2.39 bits per heavy atom. The summed E-state index contributed by atoms with van der Waals surface area (Å²) in [6, 6.07) is 16.7. The second-order valence-corrected chi connectivity index (χ2v) is 15.0. The number of aromatic hydroxyl groups is 1. The van der Waals surface area contributed by atoms with Gasteiger partial charge in [-0.05, 0) is 73.2 Å². The molecular weight excluding hydrogens is 720 g/mol. The highest BCUT2D eigenvalue weighted by atomic mass is 79.9. The molecule has 1 fully saturated rings. The normalized spacial score (nSPS) is 19.1. The first-order valence-corrected chi connectivity index (χ1v) is 17.8. The molecule has 0 unspecified atom stereocenters. The standard InChI is InChI=1S/C30H25BrN4O8S3/c1-2-43-21-13-15(3-12-20(21)36)23-24-25(28(39)35(27(24)38)18-8-4-16(31)5-9-18)44-29-26(23)45-30(40)34(29)14-22(37)33-17-6-10-19(11-7-17)46(32,41)42/h3-13,23-25,36H,2,14H2,1H3,(H,33,37)(H2,32,41,42)/t23-,24+,25-/m0/s1. The highest BCUT2D eigenvalue weighted by Crippen LogP contribution is 2.54. The zero-order chi connectivity index (χ0) is 32.9. The maximum atomic E-state index is 14.1. The zero-order valence-corrected chi connectivity index (χ0v) is 27.9. The van der Waals surface area contributed by atoms with E-state index in [0.717, 1.165) is 32.5 Å². The van der Waals surface area contributed by atoms with Crippen LogP contribution >= 0.6 is 39.0 Å². The molecule has 0 aliphatic carbocycles. The second kappa shape index (κ2) is 12.3. The van der Waals surface area contributed by atoms with E-state index in [9.17, 15) is 32.7 Å². The number of thioether (sulfide) groups is 1. The van der Waals surface area contributed by atoms with Crippen molar-refractivity contribution in [1.29, 1.82) is 0 Å². The molecule has 46 heavy (non-hydrogen) atoms. The smallest absolute Gasteiger partial charge is 0.308 e. The van der Waals surface area contributed by atoms with Crippen LogP contribution in [0.2, 0.25) is 0 Å². The van der Waals surface area contributed by atoms with Crippen LogP contribution in [0, 0.1) is 5.92 Å². The summed E-state index contributed by atoms with van der Waals surface area (Å²) in [5.74, 6) is -3.00. The minimum Gasteiger partial charge on any atom is -0.504 e. The maximum absolute atomic E-state index is 14.1. The molecule has 3 aromatic carbocycles. The largest absolute Gasteiger partial charge is 0.504 e. The van der Waals surface area contributed by atoms with Gasteiger partial charge in [-0.15, -0.1) is 0 Å². The number of nitrogens with zero attached hydrogens (tertiary/aromatic N) is 2. The molecular formula is C30H25BrN4O8S3. The molecule has 12 nitrogen and oxygen atoms in total. The van der Waals surface area contributed by atoms with Crippen molar-refractivity contribution in [2.75, 3.05) is 16.8 Å². The summed E-state index contributed by atoms with van der Waals surface area (Å²) in [6.07, 6.45) is 0. The molecule has 1 aromatic heterocycles. The van der Waals surface area contributed by atoms with Crippen molar-refractivity contribution in [3.05, 3.63) is 91.3 Å². The lowest BCUT2D eigenvalue weighted by Gasteiger charge is -2.31. The first-order valence-electron chi connectivity index (χ1n) is 13.8. The minimum absolute atomic E-state index is 0.0996. The van der Waals surface area contributed by atoms with E-state index in [1.54, 1.807) is 43.3 Å². The van der Waals surface area contributed by atoms with E-state index in [-0.39, 0.29) is 28.7 Å². The number of benzene rings is 3. The van der Waals surface area contributed by atoms with Crippen molar-refractivity contribution < 1.29 is 32.6 Å². The van der Waals surface area contributed by atoms with Gasteiger partial charge in [0.1, 0.15) is 11.8 Å². The molecule has 0 saturated carbocycles. The van der Waals surface area contributed by atoms with E-state index in [1.807, 2.05) is 0 Å². The van der Waals surface area contributed by atoms with Gasteiger partial charge in [0.15, 0.2) is 11.5 Å². The van der Waals surface area contributed by atoms with Gasteiger partial charge in [-0.2, -0.15) is 0 Å². The molecule has 1 saturated heterocycles. The molecule has 16 heteroatoms. The van der Waals surface area contributed by atoms with Crippen molar-refractivity contribution >= 4 is 78.1 Å². The number of primary sulfonamides is 1. The number of hydrogen-bond donors (Lipinski definition) is 3. The van der Waals surface area contributed by atoms with Crippen molar-refractivity contribution in [3.63, 3.8) is 0 Å². The molecule has 4 aromatic rings. The first kappa shape index (κ1) is 32.0. The molecule has 3 amide bonds. The number of carbonyl (C=O) groups is 3. The topological polar surface area (TPSA) is 178 Å². The Morgan fingerprint density at radius 2 is 1.74 bits per heavy atom. The number of ether oxygens (including phenoxy) is 1. The Hall–Kier alpha value is -3.96. The third-order valence-corrected chi connectivity index (χ3v) is 11.6. The lowest BCUT2D eigenvalue weighted by molar-refractivity contribution is -0.122. The Balaban J connectivity index is 1.39. The fourth-order valence-electron chi connectivity index (χ4n) is 5.53. The molecule has 4 N–H and O–H groups in total. The number of halogens is 1. The summed E-state index contributed by atoms with van der Waals surface area (Å²) in [6.45, 7) is 1.63. The Morgan fingerprint density at radius 1 is 1.04 bits per heavy atom. The predicted molar refractivity (Wildman–Crippen MR) is 176 cm³/mol. The van der Waals surface area contributed by atoms with Crippen LogP contribution in [0.3, 0.4) is 0 Å². The number of phenolic OH excluding ortho intramolecular Hbond substituents is 1. The SMILES string of the molecule is CCOc1cc([C@@H]2c3sc(=O)n(CC(=O)Nc4ccc(S(N)(=O)=O)cc4)c3S[C@@H]3C(=O)N(c4ccc(Br)cc4)C(=O)[C@H]23)ccc1O. The second-order valence-electron chi connectivity index (χ2n) is 10.4. The van der Waals surface area contributed by atoms with Gasteiger partial charge in [-0.25, -0.2) is 18.5 Å². The van der Waals surface area contributed by atoms with E-state index >= 15 is 0 Å². The Bertz CT molecular complexity index is 2050. The number of rotatable bonds is 8. The molecule has 3 heterocycles. The molecule has 238 valence electrons. The summed E-state index contributed by atoms with van der Waals surface area (Å²) in [5.41, 5.74) is 1.25. The van der Waals surface area contributed by atoms with E-state index in [4.69, 9.17) is 9.88 Å². The number of sulfonamides is 1. The minimum atomic E-state index is -3.92. The Kier molecular flexibility index (Phi) is 8.58. The number of hydrogen-bond acceptors (Lipinski definition) is 10. The van der Waals surface area contributed by atoms with E-state index in [0.29, 0.717) is 21.2 Å². The van der Waals surface area contributed by atoms with E-state index < -0.39 is 56.2 Å². The quantitative estimate of drug-likeness (QED) is 0.226. The number of thiazole rings is 1. The van der Waals surface area contributed by atoms with Crippen LogP contribution in [0.1, 0.15) is 23.3 Å². The number of amides is 3. The van der Waals surface area contributed by atoms with Gasteiger partial charge in [-0.1, -0.05) is 45.1 Å². The Labute approximate surface area is 279 Å². The first-order chi connectivity index (χ1) is 21.9. The number of carbonyl (C=O) groups excluding carboxylic acids is 3. The highest BCUT2D eigenvalue weighted by Gasteiger charge is 2.57. The van der Waals surface area contributed by atoms with Crippen molar-refractivity contribution in [3.8, 4) is 11.5 Å². The van der Waals surface area contributed by atoms with Crippen LogP contribution in [-0.2, 0) is 31.0 Å². The van der Waals surface area contributed by atoms with E-state index in [1.165, 1.54) is 34.9 Å². The number of phenols is 1. The third-order valence-electron chi connectivity index (χ3n) is 7.55. The fourth-order valence-corrected chi connectivity index (χ4v) is 9.08. The van der Waals surface area contributed by atoms with Crippen LogP contribution in [0.25, 0.3) is 0 Å². The summed E-state index contributed by atoms with van der Waals surface area (Å²) in [7, 11) is -3.92. The van der Waals surface area contributed by atoms with Gasteiger partial charge in [0, 0.05) is 21.0 Å². The molecule has 0 spiro atoms. The van der Waals surface area contributed by atoms with E-state index in [2.05, 4.69) is 21.2 Å². The fraction of sp³-hybridized carbons (Fsp3) is 0.200. The van der Waals surface area contributed by atoms with Gasteiger partial charge in [0.2, 0.25) is 27.7 Å².